The van der Waals surface area contributed by atoms with Crippen molar-refractivity contribution in [3.63, 3.8) is 0 Å². The van der Waals surface area contributed by atoms with Crippen molar-refractivity contribution in [2.24, 2.45) is 23.2 Å². The van der Waals surface area contributed by atoms with Gasteiger partial charge < -0.3 is 4.90 Å². The summed E-state index contributed by atoms with van der Waals surface area (Å²) in [7, 11) is 0. The molecule has 0 aromatic carbocycles. The molecular weight excluding hydrogens is 218 g/mol. The number of piperidine rings is 1. The number of hydrogen-bond donors (Lipinski definition) is 0. The van der Waals surface area contributed by atoms with E-state index < -0.39 is 0 Å². The fourth-order valence-electron chi connectivity index (χ4n) is 3.98. The molecule has 106 valence electrons. The van der Waals surface area contributed by atoms with Crippen LogP contribution >= 0.6 is 0 Å². The predicted octanol–water partition coefficient (Wildman–Crippen LogP) is 4.57. The molecule has 0 N–H and O–H groups in total. The maximum atomic E-state index is 2.82. The van der Waals surface area contributed by atoms with E-state index in [1.165, 1.54) is 45.2 Å². The van der Waals surface area contributed by atoms with Crippen molar-refractivity contribution in [3.05, 3.63) is 0 Å². The minimum atomic E-state index is 0.474. The maximum Gasteiger partial charge on any atom is 0.00954 e. The fraction of sp³-hybridized carbons (Fsp3) is 1.00. The molecule has 0 aromatic heterocycles. The maximum absolute atomic E-state index is 2.82. The number of nitrogens with zero attached hydrogens (tertiary/aromatic N) is 1. The van der Waals surface area contributed by atoms with Crippen molar-refractivity contribution in [1.29, 1.82) is 0 Å². The largest absolute Gasteiger partial charge is 0.300 e. The van der Waals surface area contributed by atoms with Crippen LogP contribution in [0.1, 0.15) is 66.7 Å². The van der Waals surface area contributed by atoms with Crippen molar-refractivity contribution in [3.8, 4) is 0 Å². The molecule has 0 radical (unpaired) electrons. The van der Waals surface area contributed by atoms with Gasteiger partial charge in [0.1, 0.15) is 0 Å². The lowest BCUT2D eigenvalue weighted by atomic mass is 9.67. The number of hydrogen-bond acceptors (Lipinski definition) is 1. The quantitative estimate of drug-likeness (QED) is 0.710. The smallest absolute Gasteiger partial charge is 0.00954 e. The van der Waals surface area contributed by atoms with Crippen molar-refractivity contribution in [2.75, 3.05) is 13.1 Å². The topological polar surface area (TPSA) is 3.24 Å². The van der Waals surface area contributed by atoms with E-state index in [9.17, 15) is 0 Å². The summed E-state index contributed by atoms with van der Waals surface area (Å²) in [5.74, 6) is 2.71. The van der Waals surface area contributed by atoms with E-state index in [1.54, 1.807) is 0 Å². The Balaban J connectivity index is 2.00. The summed E-state index contributed by atoms with van der Waals surface area (Å²) in [5, 5.41) is 0. The van der Waals surface area contributed by atoms with Gasteiger partial charge in [-0.25, -0.2) is 0 Å². The van der Waals surface area contributed by atoms with Crippen molar-refractivity contribution in [1.82, 2.24) is 4.90 Å². The molecule has 1 nitrogen and oxygen atoms in total. The Kier molecular flexibility index (Phi) is 4.41. The highest BCUT2D eigenvalue weighted by atomic mass is 15.2. The second-order valence-electron chi connectivity index (χ2n) is 8.23. The third-order valence-corrected chi connectivity index (χ3v) is 5.26. The van der Waals surface area contributed by atoms with Gasteiger partial charge in [-0.05, 0) is 55.4 Å². The zero-order valence-corrected chi connectivity index (χ0v) is 13.2. The van der Waals surface area contributed by atoms with Gasteiger partial charge in [0.15, 0.2) is 0 Å². The normalized spacial score (nSPS) is 31.7. The van der Waals surface area contributed by atoms with Crippen LogP contribution in [0.4, 0.5) is 0 Å². The van der Waals surface area contributed by atoms with Crippen molar-refractivity contribution >= 4 is 0 Å². The molecule has 0 amide bonds. The number of likely N-dealkylation sites (tertiary alicyclic amines) is 1. The van der Waals surface area contributed by atoms with E-state index in [-0.39, 0.29) is 0 Å². The highest BCUT2D eigenvalue weighted by Crippen LogP contribution is 2.42. The van der Waals surface area contributed by atoms with Crippen LogP contribution in [-0.4, -0.2) is 24.0 Å². The van der Waals surface area contributed by atoms with Crippen LogP contribution < -0.4 is 0 Å². The van der Waals surface area contributed by atoms with Gasteiger partial charge in [0.05, 0.1) is 0 Å². The summed E-state index contributed by atoms with van der Waals surface area (Å²) in [6.07, 6.45) is 7.27. The van der Waals surface area contributed by atoms with Crippen LogP contribution in [-0.2, 0) is 0 Å². The van der Waals surface area contributed by atoms with E-state index in [4.69, 9.17) is 0 Å². The Morgan fingerprint density at radius 1 is 1.11 bits per heavy atom. The summed E-state index contributed by atoms with van der Waals surface area (Å²) in [4.78, 5) is 2.82. The lowest BCUT2D eigenvalue weighted by Crippen LogP contribution is -2.51. The second-order valence-corrected chi connectivity index (χ2v) is 8.23. The first-order chi connectivity index (χ1) is 8.38. The van der Waals surface area contributed by atoms with Gasteiger partial charge >= 0.3 is 0 Å². The molecule has 1 heteroatoms. The zero-order chi connectivity index (χ0) is 13.3. The molecule has 0 bridgehead atoms. The third kappa shape index (κ3) is 3.29. The second kappa shape index (κ2) is 5.53. The van der Waals surface area contributed by atoms with Gasteiger partial charge in [0.2, 0.25) is 0 Å². The van der Waals surface area contributed by atoms with Crippen molar-refractivity contribution in [2.45, 2.75) is 72.8 Å². The van der Waals surface area contributed by atoms with E-state index in [2.05, 4.69) is 39.5 Å². The highest BCUT2D eigenvalue weighted by molar-refractivity contribution is 4.91. The highest BCUT2D eigenvalue weighted by Gasteiger charge is 2.39. The van der Waals surface area contributed by atoms with E-state index >= 15 is 0 Å². The number of rotatable bonds is 3. The minimum absolute atomic E-state index is 0.474. The molecule has 18 heavy (non-hydrogen) atoms. The van der Waals surface area contributed by atoms with Gasteiger partial charge in [0, 0.05) is 12.6 Å². The molecule has 0 spiro atoms. The van der Waals surface area contributed by atoms with Gasteiger partial charge in [-0.15, -0.1) is 0 Å². The summed E-state index contributed by atoms with van der Waals surface area (Å²) >= 11 is 0. The Morgan fingerprint density at radius 3 is 2.22 bits per heavy atom. The molecule has 2 atom stereocenters. The molecule has 1 aliphatic heterocycles. The summed E-state index contributed by atoms with van der Waals surface area (Å²) in [6, 6.07) is 0.940. The SMILES string of the molecule is CC(C)CC1CCN(C2CCC2)CC1C(C)(C)C. The monoisotopic (exact) mass is 251 g/mol. The van der Waals surface area contributed by atoms with Gasteiger partial charge in [-0.3, -0.25) is 0 Å². The third-order valence-electron chi connectivity index (χ3n) is 5.26. The van der Waals surface area contributed by atoms with Gasteiger partial charge in [-0.1, -0.05) is 41.0 Å². The van der Waals surface area contributed by atoms with Crippen LogP contribution in [0.5, 0.6) is 0 Å². The Morgan fingerprint density at radius 2 is 1.78 bits per heavy atom. The zero-order valence-electron chi connectivity index (χ0n) is 13.2. The van der Waals surface area contributed by atoms with Crippen LogP contribution in [0.3, 0.4) is 0 Å². The van der Waals surface area contributed by atoms with E-state index in [0.717, 1.165) is 23.8 Å². The molecule has 1 aliphatic carbocycles. The predicted molar refractivity (Wildman–Crippen MR) is 79.7 cm³/mol. The van der Waals surface area contributed by atoms with Crippen LogP contribution in [0, 0.1) is 23.2 Å². The van der Waals surface area contributed by atoms with Gasteiger partial charge in [0.25, 0.3) is 0 Å². The molecule has 2 unspecified atom stereocenters. The standard InChI is InChI=1S/C17H33N/c1-13(2)11-14-9-10-18(15-7-6-8-15)12-16(14)17(3,4)5/h13-16H,6-12H2,1-5H3. The average Bonchev–Trinajstić information content (AvgIpc) is 2.15. The Hall–Kier alpha value is -0.0400. The van der Waals surface area contributed by atoms with Crippen LogP contribution in [0.15, 0.2) is 0 Å². The average molecular weight is 251 g/mol. The first kappa shape index (κ1) is 14.4. The molecule has 2 aliphatic rings. The molecule has 2 fully saturated rings. The minimum Gasteiger partial charge on any atom is -0.300 e. The molecule has 2 rings (SSSR count). The Labute approximate surface area is 114 Å². The molecule has 1 heterocycles. The lowest BCUT2D eigenvalue weighted by Gasteiger charge is -2.49. The first-order valence-electron chi connectivity index (χ1n) is 8.12. The summed E-state index contributed by atoms with van der Waals surface area (Å²) < 4.78 is 0. The van der Waals surface area contributed by atoms with E-state index in [0.29, 0.717) is 5.41 Å². The van der Waals surface area contributed by atoms with E-state index in [1.807, 2.05) is 0 Å². The molecular formula is C17H33N. The molecule has 1 saturated carbocycles. The Bertz CT molecular complexity index is 259. The molecule has 1 saturated heterocycles. The van der Waals surface area contributed by atoms with Gasteiger partial charge in [-0.2, -0.15) is 0 Å². The first-order valence-corrected chi connectivity index (χ1v) is 8.12. The molecule has 0 aromatic rings. The summed E-state index contributed by atoms with van der Waals surface area (Å²) in [5.41, 5.74) is 0.474. The lowest BCUT2D eigenvalue weighted by molar-refractivity contribution is -0.00311. The van der Waals surface area contributed by atoms with Crippen molar-refractivity contribution < 1.29 is 0 Å². The fourth-order valence-corrected chi connectivity index (χ4v) is 3.98. The van der Waals surface area contributed by atoms with Crippen LogP contribution in [0.25, 0.3) is 0 Å². The summed E-state index contributed by atoms with van der Waals surface area (Å²) in [6.45, 7) is 14.9. The van der Waals surface area contributed by atoms with Crippen LogP contribution in [0.2, 0.25) is 0 Å².